The van der Waals surface area contributed by atoms with Gasteiger partial charge in [0.05, 0.1) is 16.8 Å². The number of benzene rings is 2. The van der Waals surface area contributed by atoms with Crippen molar-refractivity contribution in [1.29, 1.82) is 0 Å². The van der Waals surface area contributed by atoms with Crippen LogP contribution in [0.5, 0.6) is 0 Å². The molecule has 2 aromatic rings. The number of allylic oxidation sites excluding steroid dienone is 2. The molecule has 4 rings (SSSR count). The fourth-order valence-electron chi connectivity index (χ4n) is 4.33. The Morgan fingerprint density at radius 2 is 1.70 bits per heavy atom. The van der Waals surface area contributed by atoms with Gasteiger partial charge in [-0.25, -0.2) is 5.01 Å². The molecule has 1 heterocycles. The number of ketones is 1. The Morgan fingerprint density at radius 1 is 1.03 bits per heavy atom. The predicted octanol–water partition coefficient (Wildman–Crippen LogP) is 3.03. The van der Waals surface area contributed by atoms with Crippen LogP contribution in [-0.2, 0) is 9.59 Å². The summed E-state index contributed by atoms with van der Waals surface area (Å²) in [4.78, 5) is 63.2. The summed E-state index contributed by atoms with van der Waals surface area (Å²) >= 11 is 0. The number of hydrazine groups is 1. The number of carbonyl (C=O) groups excluding carboxylic acids is 4. The molecule has 3 amide bonds. The van der Waals surface area contributed by atoms with E-state index < -0.39 is 46.8 Å². The van der Waals surface area contributed by atoms with Crippen LogP contribution in [0.4, 0.5) is 5.69 Å². The molecule has 9 heteroatoms. The zero-order chi connectivity index (χ0) is 23.7. The van der Waals surface area contributed by atoms with Crippen LogP contribution in [-0.4, -0.2) is 45.0 Å². The maximum absolute atomic E-state index is 13.4. The number of fused-ring (bicyclic) bond motifs is 1. The molecule has 0 unspecified atom stereocenters. The van der Waals surface area contributed by atoms with Gasteiger partial charge < -0.3 is 0 Å². The fraction of sp³-hybridized carbons (Fsp3) is 0.250. The zero-order valence-corrected chi connectivity index (χ0v) is 17.8. The third-order valence-electron chi connectivity index (χ3n) is 6.04. The second-order valence-corrected chi connectivity index (χ2v) is 8.10. The third kappa shape index (κ3) is 4.05. The molecule has 0 saturated carbocycles. The van der Waals surface area contributed by atoms with E-state index in [2.05, 4.69) is 0 Å². The summed E-state index contributed by atoms with van der Waals surface area (Å²) in [5.41, 5.74) is 0.131. The van der Waals surface area contributed by atoms with E-state index in [0.717, 1.165) is 22.2 Å². The number of imide groups is 1. The van der Waals surface area contributed by atoms with Gasteiger partial charge in [0.15, 0.2) is 5.78 Å². The summed E-state index contributed by atoms with van der Waals surface area (Å²) in [7, 11) is 0. The summed E-state index contributed by atoms with van der Waals surface area (Å²) in [5.74, 6) is -3.68. The molecule has 0 spiro atoms. The van der Waals surface area contributed by atoms with Crippen LogP contribution in [0.1, 0.15) is 34.1 Å². The second-order valence-electron chi connectivity index (χ2n) is 8.10. The first kappa shape index (κ1) is 22.1. The SMILES string of the molecule is C[C@@H]1C=CC[C@H]2C(=O)N(N(CC(=O)c3ccccc3)C(=O)c3ccc([N+](=O)[O-])cc3)C(=O)[C@@H]12. The Labute approximate surface area is 189 Å². The standard InChI is InChI=1S/C24H21N3O6/c1-15-6-5-9-19-21(15)24(31)26(23(19)30)25(14-20(28)16-7-3-2-4-8-16)22(29)17-10-12-18(13-11-17)27(32)33/h2-8,10-13,15,19,21H,9,14H2,1H3/t15-,19-,21+/m1/s1. The molecular weight excluding hydrogens is 426 g/mol. The summed E-state index contributed by atoms with van der Waals surface area (Å²) in [6.45, 7) is 1.30. The van der Waals surface area contributed by atoms with Crippen molar-refractivity contribution in [3.63, 3.8) is 0 Å². The Kier molecular flexibility index (Phi) is 5.87. The Bertz CT molecular complexity index is 1160. The van der Waals surface area contributed by atoms with Gasteiger partial charge in [0.25, 0.3) is 23.4 Å². The normalized spacial score (nSPS) is 21.6. The Hall–Kier alpha value is -4.14. The highest BCUT2D eigenvalue weighted by molar-refractivity contribution is 6.09. The van der Waals surface area contributed by atoms with E-state index in [1.165, 1.54) is 12.1 Å². The molecule has 1 aliphatic heterocycles. The number of hydrogen-bond donors (Lipinski definition) is 0. The van der Waals surface area contributed by atoms with E-state index in [-0.39, 0.29) is 17.2 Å². The molecule has 0 radical (unpaired) electrons. The molecule has 168 valence electrons. The maximum atomic E-state index is 13.4. The van der Waals surface area contributed by atoms with Gasteiger partial charge in [-0.3, -0.25) is 29.3 Å². The number of hydrogen-bond acceptors (Lipinski definition) is 6. The number of nitro benzene ring substituents is 1. The van der Waals surface area contributed by atoms with Crippen LogP contribution in [0.25, 0.3) is 0 Å². The topological polar surface area (TPSA) is 118 Å². The molecule has 2 aromatic carbocycles. The number of Topliss-reactive ketones (excluding diaryl/α,β-unsaturated/α-hetero) is 1. The van der Waals surface area contributed by atoms with Crippen molar-refractivity contribution in [2.75, 3.05) is 6.54 Å². The van der Waals surface area contributed by atoms with Crippen LogP contribution in [0.2, 0.25) is 0 Å². The van der Waals surface area contributed by atoms with Crippen molar-refractivity contribution < 1.29 is 24.1 Å². The highest BCUT2D eigenvalue weighted by atomic mass is 16.6. The summed E-state index contributed by atoms with van der Waals surface area (Å²) in [6.07, 6.45) is 4.09. The molecular formula is C24H21N3O6. The van der Waals surface area contributed by atoms with E-state index >= 15 is 0 Å². The Balaban J connectivity index is 1.70. The molecule has 1 aliphatic carbocycles. The van der Waals surface area contributed by atoms with Crippen molar-refractivity contribution >= 4 is 29.2 Å². The van der Waals surface area contributed by atoms with Crippen molar-refractivity contribution in [3.8, 4) is 0 Å². The molecule has 0 N–H and O–H groups in total. The van der Waals surface area contributed by atoms with Gasteiger partial charge in [0, 0.05) is 23.3 Å². The average molecular weight is 447 g/mol. The lowest BCUT2D eigenvalue weighted by atomic mass is 9.78. The first-order chi connectivity index (χ1) is 15.8. The average Bonchev–Trinajstić information content (AvgIpc) is 3.08. The van der Waals surface area contributed by atoms with E-state index in [1.807, 2.05) is 19.1 Å². The Morgan fingerprint density at radius 3 is 2.30 bits per heavy atom. The molecule has 3 atom stereocenters. The summed E-state index contributed by atoms with van der Waals surface area (Å²) in [5, 5.41) is 12.6. The van der Waals surface area contributed by atoms with Crippen LogP contribution < -0.4 is 0 Å². The minimum atomic E-state index is -0.768. The minimum absolute atomic E-state index is 0.0168. The van der Waals surface area contributed by atoms with Gasteiger partial charge >= 0.3 is 0 Å². The monoisotopic (exact) mass is 447 g/mol. The quantitative estimate of drug-likeness (QED) is 0.221. The minimum Gasteiger partial charge on any atom is -0.292 e. The highest BCUT2D eigenvalue weighted by Gasteiger charge is 2.53. The van der Waals surface area contributed by atoms with Crippen molar-refractivity contribution in [3.05, 3.63) is 88.0 Å². The van der Waals surface area contributed by atoms with Crippen molar-refractivity contribution in [2.24, 2.45) is 17.8 Å². The molecule has 0 aromatic heterocycles. The largest absolute Gasteiger partial charge is 0.292 e. The van der Waals surface area contributed by atoms with E-state index in [4.69, 9.17) is 0 Å². The van der Waals surface area contributed by atoms with Gasteiger partial charge in [-0.05, 0) is 24.5 Å². The first-order valence-corrected chi connectivity index (χ1v) is 10.5. The van der Waals surface area contributed by atoms with Crippen LogP contribution in [0, 0.1) is 27.9 Å². The smallest absolute Gasteiger partial charge is 0.273 e. The summed E-state index contributed by atoms with van der Waals surface area (Å²) in [6, 6.07) is 13.0. The maximum Gasteiger partial charge on any atom is 0.273 e. The fourth-order valence-corrected chi connectivity index (χ4v) is 4.33. The highest BCUT2D eigenvalue weighted by Crippen LogP contribution is 2.39. The number of nitrogens with zero attached hydrogens (tertiary/aromatic N) is 3. The van der Waals surface area contributed by atoms with Gasteiger partial charge in [0.1, 0.15) is 6.54 Å². The van der Waals surface area contributed by atoms with Gasteiger partial charge in [-0.1, -0.05) is 49.4 Å². The van der Waals surface area contributed by atoms with Crippen molar-refractivity contribution in [1.82, 2.24) is 10.0 Å². The number of nitro groups is 1. The first-order valence-electron chi connectivity index (χ1n) is 10.5. The van der Waals surface area contributed by atoms with E-state index in [1.54, 1.807) is 30.3 Å². The molecule has 1 fully saturated rings. The van der Waals surface area contributed by atoms with Crippen LogP contribution >= 0.6 is 0 Å². The molecule has 0 bridgehead atoms. The summed E-state index contributed by atoms with van der Waals surface area (Å²) < 4.78 is 0. The molecule has 33 heavy (non-hydrogen) atoms. The number of carbonyl (C=O) groups is 4. The lowest BCUT2D eigenvalue weighted by Crippen LogP contribution is -2.52. The van der Waals surface area contributed by atoms with E-state index in [0.29, 0.717) is 12.0 Å². The van der Waals surface area contributed by atoms with Gasteiger partial charge in [0.2, 0.25) is 0 Å². The molecule has 9 nitrogen and oxygen atoms in total. The second kappa shape index (κ2) is 8.78. The predicted molar refractivity (Wildman–Crippen MR) is 117 cm³/mol. The number of rotatable bonds is 6. The third-order valence-corrected chi connectivity index (χ3v) is 6.04. The van der Waals surface area contributed by atoms with Crippen LogP contribution in [0.15, 0.2) is 66.7 Å². The molecule has 1 saturated heterocycles. The van der Waals surface area contributed by atoms with Gasteiger partial charge in [-0.15, -0.1) is 0 Å². The zero-order valence-electron chi connectivity index (χ0n) is 17.8. The lowest BCUT2D eigenvalue weighted by Gasteiger charge is -2.30. The number of non-ortho nitro benzene ring substituents is 1. The number of amides is 3. The molecule has 2 aliphatic rings. The van der Waals surface area contributed by atoms with Crippen molar-refractivity contribution in [2.45, 2.75) is 13.3 Å². The lowest BCUT2D eigenvalue weighted by molar-refractivity contribution is -0.384. The van der Waals surface area contributed by atoms with E-state index in [9.17, 15) is 29.3 Å². The van der Waals surface area contributed by atoms with Gasteiger partial charge in [-0.2, -0.15) is 5.01 Å². The van der Waals surface area contributed by atoms with Crippen LogP contribution in [0.3, 0.4) is 0 Å².